The van der Waals surface area contributed by atoms with Crippen LogP contribution in [0.15, 0.2) is 53.4 Å². The van der Waals surface area contributed by atoms with E-state index in [1.807, 2.05) is 0 Å². The van der Waals surface area contributed by atoms with Crippen LogP contribution in [0.4, 0.5) is 11.4 Å². The summed E-state index contributed by atoms with van der Waals surface area (Å²) in [5.74, 6) is 0.649. The minimum atomic E-state index is -0.440. The van der Waals surface area contributed by atoms with E-state index in [0.29, 0.717) is 5.75 Å². The number of non-ortho nitro benzene ring substituents is 2. The molecule has 2 aromatic rings. The van der Waals surface area contributed by atoms with Crippen molar-refractivity contribution in [2.24, 2.45) is 0 Å². The second kappa shape index (κ2) is 6.16. The van der Waals surface area contributed by atoms with E-state index in [1.54, 1.807) is 24.3 Å². The molecule has 0 heterocycles. The van der Waals surface area contributed by atoms with Crippen molar-refractivity contribution < 1.29 is 9.85 Å². The predicted octanol–water partition coefficient (Wildman–Crippen LogP) is 3.80. The molecular weight excluding hydrogens is 280 g/mol. The molecule has 0 aliphatic heterocycles. The van der Waals surface area contributed by atoms with Gasteiger partial charge in [-0.05, 0) is 17.7 Å². The summed E-state index contributed by atoms with van der Waals surface area (Å²) in [4.78, 5) is 21.1. The number of hydrogen-bond acceptors (Lipinski definition) is 5. The van der Waals surface area contributed by atoms with Gasteiger partial charge < -0.3 is 0 Å². The number of nitrogens with zero attached hydrogens (tertiary/aromatic N) is 2. The summed E-state index contributed by atoms with van der Waals surface area (Å²) in [6.07, 6.45) is 0. The van der Waals surface area contributed by atoms with Crippen molar-refractivity contribution in [1.82, 2.24) is 0 Å². The fraction of sp³-hybridized carbons (Fsp3) is 0.0769. The van der Waals surface area contributed by atoms with Crippen LogP contribution >= 0.6 is 11.8 Å². The van der Waals surface area contributed by atoms with E-state index < -0.39 is 9.85 Å². The van der Waals surface area contributed by atoms with Crippen LogP contribution < -0.4 is 0 Å². The smallest absolute Gasteiger partial charge is 0.258 e. The number of nitro benzene ring substituents is 2. The molecule has 0 bridgehead atoms. The molecule has 0 saturated heterocycles. The lowest BCUT2D eigenvalue weighted by atomic mass is 10.2. The van der Waals surface area contributed by atoms with Crippen molar-refractivity contribution in [2.45, 2.75) is 10.6 Å². The molecule has 0 spiro atoms. The van der Waals surface area contributed by atoms with Crippen molar-refractivity contribution in [3.63, 3.8) is 0 Å². The van der Waals surface area contributed by atoms with E-state index in [0.717, 1.165) is 10.5 Å². The van der Waals surface area contributed by atoms with Crippen LogP contribution in [-0.4, -0.2) is 9.85 Å². The molecule has 7 heteroatoms. The third kappa shape index (κ3) is 3.55. The highest BCUT2D eigenvalue weighted by molar-refractivity contribution is 7.98. The first-order chi connectivity index (χ1) is 9.56. The number of rotatable bonds is 5. The maximum absolute atomic E-state index is 10.5. The summed E-state index contributed by atoms with van der Waals surface area (Å²) < 4.78 is 0. The maximum Gasteiger partial charge on any atom is 0.269 e. The van der Waals surface area contributed by atoms with Gasteiger partial charge in [0.15, 0.2) is 0 Å². The fourth-order valence-electron chi connectivity index (χ4n) is 1.54. The van der Waals surface area contributed by atoms with Crippen molar-refractivity contribution in [2.75, 3.05) is 0 Å². The third-order valence-electron chi connectivity index (χ3n) is 2.60. The van der Waals surface area contributed by atoms with Gasteiger partial charge in [0.1, 0.15) is 0 Å². The Morgan fingerprint density at radius 3 is 1.70 bits per heavy atom. The van der Waals surface area contributed by atoms with Crippen LogP contribution in [0.1, 0.15) is 5.56 Å². The zero-order valence-electron chi connectivity index (χ0n) is 10.3. The van der Waals surface area contributed by atoms with Crippen LogP contribution in [-0.2, 0) is 5.75 Å². The summed E-state index contributed by atoms with van der Waals surface area (Å²) >= 11 is 1.52. The Hall–Kier alpha value is -2.41. The second-order valence-electron chi connectivity index (χ2n) is 3.96. The monoisotopic (exact) mass is 290 g/mol. The zero-order valence-corrected chi connectivity index (χ0v) is 11.1. The Morgan fingerprint density at radius 1 is 0.800 bits per heavy atom. The van der Waals surface area contributed by atoms with Crippen molar-refractivity contribution in [3.05, 3.63) is 74.3 Å². The van der Waals surface area contributed by atoms with Crippen LogP contribution in [0.25, 0.3) is 0 Å². The normalized spacial score (nSPS) is 10.2. The number of benzene rings is 2. The molecule has 2 rings (SSSR count). The molecule has 0 N–H and O–H groups in total. The van der Waals surface area contributed by atoms with Gasteiger partial charge in [-0.3, -0.25) is 20.2 Å². The summed E-state index contributed by atoms with van der Waals surface area (Å²) in [7, 11) is 0. The molecule has 0 amide bonds. The Balaban J connectivity index is 1.97. The summed E-state index contributed by atoms with van der Waals surface area (Å²) in [5.41, 5.74) is 1.08. The summed E-state index contributed by atoms with van der Waals surface area (Å²) in [6, 6.07) is 12.6. The molecule has 0 aliphatic rings. The standard InChI is InChI=1S/C13H10N2O4S/c16-14(17)11-3-1-10(2-4-11)9-20-13-7-5-12(6-8-13)15(18)19/h1-8H,9H2. The van der Waals surface area contributed by atoms with E-state index >= 15 is 0 Å². The van der Waals surface area contributed by atoms with E-state index in [2.05, 4.69) is 0 Å². The molecule has 102 valence electrons. The predicted molar refractivity (Wildman–Crippen MR) is 75.8 cm³/mol. The van der Waals surface area contributed by atoms with Crippen molar-refractivity contribution in [3.8, 4) is 0 Å². The largest absolute Gasteiger partial charge is 0.269 e. The van der Waals surface area contributed by atoms with Crippen LogP contribution in [0.5, 0.6) is 0 Å². The lowest BCUT2D eigenvalue weighted by Crippen LogP contribution is -1.88. The topological polar surface area (TPSA) is 86.3 Å². The maximum atomic E-state index is 10.5. The SMILES string of the molecule is O=[N+]([O-])c1ccc(CSc2ccc([N+](=O)[O-])cc2)cc1. The van der Waals surface area contributed by atoms with Crippen molar-refractivity contribution >= 4 is 23.1 Å². The molecule has 0 atom stereocenters. The molecular formula is C13H10N2O4S. The molecule has 0 aliphatic carbocycles. The molecule has 6 nitrogen and oxygen atoms in total. The highest BCUT2D eigenvalue weighted by Gasteiger charge is 2.06. The summed E-state index contributed by atoms with van der Waals surface area (Å²) in [6.45, 7) is 0. The van der Waals surface area contributed by atoms with Crippen LogP contribution in [0, 0.1) is 20.2 Å². The Morgan fingerprint density at radius 2 is 1.25 bits per heavy atom. The lowest BCUT2D eigenvalue weighted by molar-refractivity contribution is -0.385. The first-order valence-electron chi connectivity index (χ1n) is 5.67. The quantitative estimate of drug-likeness (QED) is 0.475. The van der Waals surface area contributed by atoms with E-state index in [1.165, 1.54) is 36.0 Å². The third-order valence-corrected chi connectivity index (χ3v) is 3.68. The van der Waals surface area contributed by atoms with Gasteiger partial charge in [0, 0.05) is 34.9 Å². The molecule has 20 heavy (non-hydrogen) atoms. The second-order valence-corrected chi connectivity index (χ2v) is 5.01. The van der Waals surface area contributed by atoms with E-state index in [-0.39, 0.29) is 11.4 Å². The lowest BCUT2D eigenvalue weighted by Gasteiger charge is -2.02. The van der Waals surface area contributed by atoms with Gasteiger partial charge in [-0.15, -0.1) is 11.8 Å². The molecule has 0 fully saturated rings. The first kappa shape index (κ1) is 14.0. The zero-order chi connectivity index (χ0) is 14.5. The molecule has 0 saturated carbocycles. The Bertz CT molecular complexity index is 568. The molecule has 0 aromatic heterocycles. The average molecular weight is 290 g/mol. The van der Waals surface area contributed by atoms with Crippen LogP contribution in [0.3, 0.4) is 0 Å². The first-order valence-corrected chi connectivity index (χ1v) is 6.65. The number of nitro groups is 2. The average Bonchev–Trinajstić information content (AvgIpc) is 2.46. The molecule has 2 aromatic carbocycles. The van der Waals surface area contributed by atoms with Gasteiger partial charge in [-0.25, -0.2) is 0 Å². The van der Waals surface area contributed by atoms with Gasteiger partial charge in [0.05, 0.1) is 9.85 Å². The molecule has 0 radical (unpaired) electrons. The minimum Gasteiger partial charge on any atom is -0.258 e. The number of hydrogen-bond donors (Lipinski definition) is 0. The minimum absolute atomic E-state index is 0.0599. The van der Waals surface area contributed by atoms with E-state index in [9.17, 15) is 20.2 Å². The Labute approximate surface area is 118 Å². The van der Waals surface area contributed by atoms with Crippen LogP contribution in [0.2, 0.25) is 0 Å². The van der Waals surface area contributed by atoms with Gasteiger partial charge >= 0.3 is 0 Å². The van der Waals surface area contributed by atoms with Gasteiger partial charge in [-0.1, -0.05) is 12.1 Å². The number of thioether (sulfide) groups is 1. The van der Waals surface area contributed by atoms with Crippen molar-refractivity contribution in [1.29, 1.82) is 0 Å². The van der Waals surface area contributed by atoms with E-state index in [4.69, 9.17) is 0 Å². The fourth-order valence-corrected chi connectivity index (χ4v) is 2.40. The highest BCUT2D eigenvalue weighted by atomic mass is 32.2. The summed E-state index contributed by atoms with van der Waals surface area (Å²) in [5, 5.41) is 21.0. The molecule has 0 unspecified atom stereocenters. The van der Waals surface area contributed by atoms with Gasteiger partial charge in [0.2, 0.25) is 0 Å². The van der Waals surface area contributed by atoms with Gasteiger partial charge in [-0.2, -0.15) is 0 Å². The Kier molecular flexibility index (Phi) is 4.31. The highest BCUT2D eigenvalue weighted by Crippen LogP contribution is 2.25. The van der Waals surface area contributed by atoms with Gasteiger partial charge in [0.25, 0.3) is 11.4 Å².